The summed E-state index contributed by atoms with van der Waals surface area (Å²) in [5, 5.41) is 3.31. The smallest absolute Gasteiger partial charge is 0.239 e. The van der Waals surface area contributed by atoms with Gasteiger partial charge in [-0.25, -0.2) is 0 Å². The first kappa shape index (κ1) is 24.7. The quantitative estimate of drug-likeness (QED) is 0.365. The van der Waals surface area contributed by atoms with Gasteiger partial charge in [-0.1, -0.05) is 17.7 Å². The average molecular weight is 486 g/mol. The van der Waals surface area contributed by atoms with Gasteiger partial charge in [-0.05, 0) is 55.3 Å². The summed E-state index contributed by atoms with van der Waals surface area (Å²) in [6, 6.07) is 14.2. The highest BCUT2D eigenvalue weighted by Crippen LogP contribution is 2.27. The van der Waals surface area contributed by atoms with Crippen LogP contribution in [0, 0.1) is 6.92 Å². The summed E-state index contributed by atoms with van der Waals surface area (Å²) in [6.07, 6.45) is 5.07. The summed E-state index contributed by atoms with van der Waals surface area (Å²) in [7, 11) is 3.16. The first-order chi connectivity index (χ1) is 17.4. The summed E-state index contributed by atoms with van der Waals surface area (Å²) in [4.78, 5) is 43.0. The molecule has 2 aromatic heterocycles. The Kier molecular flexibility index (Phi) is 7.44. The highest BCUT2D eigenvalue weighted by molar-refractivity contribution is 6.10. The molecule has 0 saturated carbocycles. The largest absolute Gasteiger partial charge is 0.493 e. The number of nitrogens with zero attached hydrogens (tertiary/aromatic N) is 2. The van der Waals surface area contributed by atoms with Crippen molar-refractivity contribution in [3.63, 3.8) is 0 Å². The van der Waals surface area contributed by atoms with E-state index in [-0.39, 0.29) is 23.4 Å². The number of methoxy groups -OCH3 is 2. The van der Waals surface area contributed by atoms with Crippen LogP contribution in [0.15, 0.2) is 71.9 Å². The minimum absolute atomic E-state index is 0.0115. The summed E-state index contributed by atoms with van der Waals surface area (Å²) in [5.41, 5.74) is 2.48. The molecule has 0 atom stereocenters. The van der Waals surface area contributed by atoms with E-state index in [1.54, 1.807) is 43.1 Å². The van der Waals surface area contributed by atoms with Gasteiger partial charge in [0.25, 0.3) is 0 Å². The second kappa shape index (κ2) is 10.9. The molecule has 0 spiro atoms. The van der Waals surface area contributed by atoms with Crippen molar-refractivity contribution in [1.82, 2.24) is 14.9 Å². The predicted octanol–water partition coefficient (Wildman–Crippen LogP) is 3.31. The van der Waals surface area contributed by atoms with E-state index in [0.717, 1.165) is 11.1 Å². The van der Waals surface area contributed by atoms with E-state index in [1.807, 2.05) is 31.2 Å². The van der Waals surface area contributed by atoms with Crippen LogP contribution in [-0.2, 0) is 17.8 Å². The molecule has 0 radical (unpaired) electrons. The molecule has 36 heavy (non-hydrogen) atoms. The number of ether oxygens (including phenoxy) is 2. The van der Waals surface area contributed by atoms with E-state index in [0.29, 0.717) is 40.9 Å². The minimum Gasteiger partial charge on any atom is -0.493 e. The number of pyridine rings is 2. The van der Waals surface area contributed by atoms with Crippen molar-refractivity contribution in [1.29, 1.82) is 0 Å². The molecule has 2 heterocycles. The van der Waals surface area contributed by atoms with Gasteiger partial charge in [0.2, 0.25) is 11.3 Å². The van der Waals surface area contributed by atoms with Gasteiger partial charge in [-0.15, -0.1) is 0 Å². The molecule has 0 fully saturated rings. The van der Waals surface area contributed by atoms with E-state index in [2.05, 4.69) is 10.3 Å². The Hall–Kier alpha value is -4.46. The number of hydrogen-bond donors (Lipinski definition) is 1. The molecule has 0 unspecified atom stereocenters. The number of amides is 1. The minimum atomic E-state index is -0.409. The van der Waals surface area contributed by atoms with Crippen molar-refractivity contribution in [3.8, 4) is 11.5 Å². The maximum absolute atomic E-state index is 13.2. The van der Waals surface area contributed by atoms with Gasteiger partial charge >= 0.3 is 0 Å². The molecule has 4 aromatic rings. The van der Waals surface area contributed by atoms with Gasteiger partial charge in [-0.3, -0.25) is 19.4 Å². The molecule has 8 nitrogen and oxygen atoms in total. The average Bonchev–Trinajstić information content (AvgIpc) is 2.90. The Balaban J connectivity index is 1.55. The lowest BCUT2D eigenvalue weighted by Crippen LogP contribution is -2.30. The molecule has 8 heteroatoms. The Bertz CT molecular complexity index is 1480. The van der Waals surface area contributed by atoms with Crippen molar-refractivity contribution < 1.29 is 19.1 Å². The van der Waals surface area contributed by atoms with Crippen molar-refractivity contribution in [3.05, 3.63) is 99.6 Å². The molecule has 0 bridgehead atoms. The molecular formula is C28H27N3O5. The lowest BCUT2D eigenvalue weighted by molar-refractivity contribution is -0.121. The van der Waals surface area contributed by atoms with Gasteiger partial charge in [0.1, 0.15) is 6.54 Å². The summed E-state index contributed by atoms with van der Waals surface area (Å²) < 4.78 is 12.2. The molecule has 2 aromatic carbocycles. The van der Waals surface area contributed by atoms with Crippen molar-refractivity contribution >= 4 is 22.6 Å². The number of nitrogens with one attached hydrogen (secondary N) is 1. The number of aromatic nitrogens is 2. The van der Waals surface area contributed by atoms with E-state index in [1.165, 1.54) is 18.6 Å². The summed E-state index contributed by atoms with van der Waals surface area (Å²) >= 11 is 0. The number of aryl methyl sites for hydroxylation is 1. The van der Waals surface area contributed by atoms with Crippen LogP contribution in [0.2, 0.25) is 0 Å². The first-order valence-corrected chi connectivity index (χ1v) is 11.5. The van der Waals surface area contributed by atoms with E-state index in [4.69, 9.17) is 9.47 Å². The Morgan fingerprint density at radius 1 is 0.972 bits per heavy atom. The molecule has 0 aliphatic carbocycles. The molecule has 4 rings (SSSR count). The van der Waals surface area contributed by atoms with Gasteiger partial charge in [0.05, 0.1) is 25.3 Å². The van der Waals surface area contributed by atoms with Gasteiger partial charge in [0, 0.05) is 36.1 Å². The van der Waals surface area contributed by atoms with Crippen LogP contribution in [0.3, 0.4) is 0 Å². The predicted molar refractivity (Wildman–Crippen MR) is 137 cm³/mol. The van der Waals surface area contributed by atoms with Crippen molar-refractivity contribution in [2.24, 2.45) is 0 Å². The fourth-order valence-electron chi connectivity index (χ4n) is 4.06. The standard InChI is InChI=1S/C28H27N3O5/c1-18-4-6-23-21(14-18)28(34)22(27(33)20-9-11-29-12-10-20)16-31(23)17-26(32)30-13-8-19-5-7-24(35-2)25(15-19)36-3/h4-7,9-12,14-16H,8,13,17H2,1-3H3,(H,30,32). The zero-order valence-corrected chi connectivity index (χ0v) is 20.4. The Labute approximate surface area is 208 Å². The van der Waals surface area contributed by atoms with Crippen LogP contribution in [0.1, 0.15) is 27.0 Å². The maximum Gasteiger partial charge on any atom is 0.239 e. The van der Waals surface area contributed by atoms with Crippen LogP contribution in [0.4, 0.5) is 0 Å². The molecular weight excluding hydrogens is 458 g/mol. The molecule has 0 aliphatic rings. The lowest BCUT2D eigenvalue weighted by atomic mass is 10.0. The van der Waals surface area contributed by atoms with Crippen LogP contribution in [0.25, 0.3) is 10.9 Å². The number of carbonyl (C=O) groups excluding carboxylic acids is 2. The molecule has 184 valence electrons. The summed E-state index contributed by atoms with van der Waals surface area (Å²) in [5.74, 6) is 0.627. The number of rotatable bonds is 9. The third-order valence-electron chi connectivity index (χ3n) is 5.92. The van der Waals surface area contributed by atoms with Crippen molar-refractivity contribution in [2.45, 2.75) is 19.9 Å². The number of hydrogen-bond acceptors (Lipinski definition) is 6. The molecule has 0 saturated heterocycles. The van der Waals surface area contributed by atoms with Gasteiger partial charge in [0.15, 0.2) is 17.3 Å². The van der Waals surface area contributed by atoms with Crippen LogP contribution in [-0.4, -0.2) is 42.0 Å². The molecule has 1 amide bonds. The Morgan fingerprint density at radius 2 is 1.72 bits per heavy atom. The number of carbonyl (C=O) groups is 2. The van der Waals surface area contributed by atoms with E-state index >= 15 is 0 Å². The third-order valence-corrected chi connectivity index (χ3v) is 5.92. The zero-order valence-electron chi connectivity index (χ0n) is 20.4. The van der Waals surface area contributed by atoms with E-state index < -0.39 is 5.78 Å². The van der Waals surface area contributed by atoms with E-state index in [9.17, 15) is 14.4 Å². The highest BCUT2D eigenvalue weighted by Gasteiger charge is 2.18. The lowest BCUT2D eigenvalue weighted by Gasteiger charge is -2.14. The van der Waals surface area contributed by atoms with Gasteiger partial charge < -0.3 is 19.4 Å². The monoisotopic (exact) mass is 485 g/mol. The molecule has 1 N–H and O–H groups in total. The number of fused-ring (bicyclic) bond motifs is 1. The number of benzene rings is 2. The van der Waals surface area contributed by atoms with Crippen LogP contribution >= 0.6 is 0 Å². The van der Waals surface area contributed by atoms with Crippen LogP contribution in [0.5, 0.6) is 11.5 Å². The normalized spacial score (nSPS) is 10.8. The van der Waals surface area contributed by atoms with Crippen LogP contribution < -0.4 is 20.2 Å². The second-order valence-corrected chi connectivity index (χ2v) is 8.37. The number of ketones is 1. The van der Waals surface area contributed by atoms with Gasteiger partial charge in [-0.2, -0.15) is 0 Å². The fraction of sp³-hybridized carbons (Fsp3) is 0.214. The topological polar surface area (TPSA) is 99.5 Å². The fourth-order valence-corrected chi connectivity index (χ4v) is 4.06. The second-order valence-electron chi connectivity index (χ2n) is 8.37. The zero-order chi connectivity index (χ0) is 25.7. The van der Waals surface area contributed by atoms with Crippen molar-refractivity contribution in [2.75, 3.05) is 20.8 Å². The SMILES string of the molecule is COc1ccc(CCNC(=O)Cn2cc(C(=O)c3ccncc3)c(=O)c3cc(C)ccc32)cc1OC. The first-order valence-electron chi connectivity index (χ1n) is 11.5. The Morgan fingerprint density at radius 3 is 2.44 bits per heavy atom. The third kappa shape index (κ3) is 5.27. The maximum atomic E-state index is 13.2. The molecule has 0 aliphatic heterocycles. The highest BCUT2D eigenvalue weighted by atomic mass is 16.5. The summed E-state index contributed by atoms with van der Waals surface area (Å²) in [6.45, 7) is 2.25.